The Balaban J connectivity index is 2.64. The van der Waals surface area contributed by atoms with Crippen LogP contribution >= 0.6 is 0 Å². The summed E-state index contributed by atoms with van der Waals surface area (Å²) in [6.45, 7) is 3.70. The van der Waals surface area contributed by atoms with Crippen molar-refractivity contribution >= 4 is 5.69 Å². The lowest BCUT2D eigenvalue weighted by atomic mass is 10.3. The molecule has 0 saturated heterocycles. The maximum absolute atomic E-state index is 10.8. The number of aryl methyl sites for hydroxylation is 2. The van der Waals surface area contributed by atoms with Crippen LogP contribution < -0.4 is 0 Å². The standard InChI is InChI=1S/C10H10N4O2/c1-7-5-8(2)13(12-7)9-3-4-11-6-10(9)14(15)16/h3-6H,1-2H3. The van der Waals surface area contributed by atoms with Crippen LogP contribution in [-0.4, -0.2) is 19.7 Å². The molecule has 6 nitrogen and oxygen atoms in total. The number of rotatable bonds is 2. The number of aromatic nitrogens is 3. The summed E-state index contributed by atoms with van der Waals surface area (Å²) >= 11 is 0. The van der Waals surface area contributed by atoms with Gasteiger partial charge in [0.05, 0.1) is 10.6 Å². The Kier molecular flexibility index (Phi) is 2.40. The van der Waals surface area contributed by atoms with Crippen molar-refractivity contribution in [3.8, 4) is 5.69 Å². The van der Waals surface area contributed by atoms with Gasteiger partial charge < -0.3 is 0 Å². The minimum Gasteiger partial charge on any atom is -0.258 e. The monoisotopic (exact) mass is 218 g/mol. The zero-order valence-corrected chi connectivity index (χ0v) is 8.91. The molecule has 0 spiro atoms. The van der Waals surface area contributed by atoms with Gasteiger partial charge in [-0.25, -0.2) is 4.68 Å². The summed E-state index contributed by atoms with van der Waals surface area (Å²) in [5.74, 6) is 0. The average Bonchev–Trinajstić information content (AvgIpc) is 2.57. The van der Waals surface area contributed by atoms with Crippen molar-refractivity contribution in [1.82, 2.24) is 14.8 Å². The maximum atomic E-state index is 10.8. The Morgan fingerprint density at radius 1 is 1.44 bits per heavy atom. The first-order chi connectivity index (χ1) is 7.59. The van der Waals surface area contributed by atoms with Gasteiger partial charge in [0, 0.05) is 11.9 Å². The van der Waals surface area contributed by atoms with Gasteiger partial charge in [0.15, 0.2) is 0 Å². The molecule has 0 saturated carbocycles. The summed E-state index contributed by atoms with van der Waals surface area (Å²) in [6.07, 6.45) is 2.74. The molecule has 0 amide bonds. The highest BCUT2D eigenvalue weighted by Gasteiger charge is 2.17. The molecule has 0 radical (unpaired) electrons. The molecule has 2 aromatic heterocycles. The minimum absolute atomic E-state index is 0.0475. The molecule has 0 aliphatic heterocycles. The van der Waals surface area contributed by atoms with Crippen molar-refractivity contribution in [1.29, 1.82) is 0 Å². The highest BCUT2D eigenvalue weighted by atomic mass is 16.6. The Bertz CT molecular complexity index is 548. The van der Waals surface area contributed by atoms with Gasteiger partial charge >= 0.3 is 5.69 Å². The first-order valence-electron chi connectivity index (χ1n) is 4.71. The molecule has 0 atom stereocenters. The largest absolute Gasteiger partial charge is 0.312 e. The normalized spacial score (nSPS) is 10.4. The van der Waals surface area contributed by atoms with E-state index in [0.717, 1.165) is 11.4 Å². The maximum Gasteiger partial charge on any atom is 0.312 e. The summed E-state index contributed by atoms with van der Waals surface area (Å²) in [7, 11) is 0. The van der Waals surface area contributed by atoms with E-state index in [4.69, 9.17) is 0 Å². The molecular weight excluding hydrogens is 208 g/mol. The Labute approximate surface area is 91.7 Å². The molecule has 0 fully saturated rings. The van der Waals surface area contributed by atoms with Gasteiger partial charge in [0.1, 0.15) is 11.9 Å². The zero-order valence-electron chi connectivity index (χ0n) is 8.91. The third kappa shape index (κ3) is 1.65. The fourth-order valence-electron chi connectivity index (χ4n) is 1.57. The molecule has 16 heavy (non-hydrogen) atoms. The van der Waals surface area contributed by atoms with Crippen molar-refractivity contribution in [3.05, 3.63) is 46.0 Å². The van der Waals surface area contributed by atoms with Crippen LogP contribution in [-0.2, 0) is 0 Å². The van der Waals surface area contributed by atoms with Crippen molar-refractivity contribution in [2.24, 2.45) is 0 Å². The molecule has 0 aliphatic carbocycles. The van der Waals surface area contributed by atoms with Crippen LogP contribution in [0, 0.1) is 24.0 Å². The van der Waals surface area contributed by atoms with Gasteiger partial charge in [-0.05, 0) is 26.0 Å². The number of nitro groups is 1. The predicted molar refractivity (Wildman–Crippen MR) is 57.5 cm³/mol. The molecule has 0 unspecified atom stereocenters. The van der Waals surface area contributed by atoms with E-state index in [1.54, 1.807) is 10.7 Å². The predicted octanol–water partition coefficient (Wildman–Crippen LogP) is 1.79. The van der Waals surface area contributed by atoms with Crippen LogP contribution in [0.3, 0.4) is 0 Å². The minimum atomic E-state index is -0.460. The van der Waals surface area contributed by atoms with Crippen LogP contribution in [0.4, 0.5) is 5.69 Å². The first kappa shape index (κ1) is 10.3. The molecule has 0 N–H and O–H groups in total. The van der Waals surface area contributed by atoms with E-state index in [0.29, 0.717) is 5.69 Å². The third-order valence-electron chi connectivity index (χ3n) is 2.21. The molecule has 0 aliphatic rings. The summed E-state index contributed by atoms with van der Waals surface area (Å²) in [6, 6.07) is 3.45. The van der Waals surface area contributed by atoms with Gasteiger partial charge in [-0.1, -0.05) is 0 Å². The van der Waals surface area contributed by atoms with E-state index in [9.17, 15) is 10.1 Å². The van der Waals surface area contributed by atoms with Gasteiger partial charge in [0.25, 0.3) is 0 Å². The zero-order chi connectivity index (χ0) is 11.7. The highest BCUT2D eigenvalue weighted by Crippen LogP contribution is 2.21. The molecular formula is C10H10N4O2. The molecule has 2 heterocycles. The number of pyridine rings is 1. The van der Waals surface area contributed by atoms with E-state index in [1.165, 1.54) is 12.4 Å². The number of nitrogens with zero attached hydrogens (tertiary/aromatic N) is 4. The van der Waals surface area contributed by atoms with Crippen LogP contribution in [0.1, 0.15) is 11.4 Å². The van der Waals surface area contributed by atoms with Crippen LogP contribution in [0.15, 0.2) is 24.5 Å². The summed E-state index contributed by atoms with van der Waals surface area (Å²) in [5, 5.41) is 15.0. The van der Waals surface area contributed by atoms with Gasteiger partial charge in [-0.3, -0.25) is 15.1 Å². The van der Waals surface area contributed by atoms with Crippen LogP contribution in [0.2, 0.25) is 0 Å². The molecule has 0 bridgehead atoms. The van der Waals surface area contributed by atoms with E-state index in [1.807, 2.05) is 19.9 Å². The van der Waals surface area contributed by atoms with E-state index in [2.05, 4.69) is 10.1 Å². The van der Waals surface area contributed by atoms with Crippen molar-refractivity contribution in [2.45, 2.75) is 13.8 Å². The van der Waals surface area contributed by atoms with Crippen LogP contribution in [0.5, 0.6) is 0 Å². The molecule has 2 aromatic rings. The first-order valence-corrected chi connectivity index (χ1v) is 4.71. The second-order valence-corrected chi connectivity index (χ2v) is 3.46. The molecule has 2 rings (SSSR count). The number of hydrogen-bond acceptors (Lipinski definition) is 4. The van der Waals surface area contributed by atoms with E-state index >= 15 is 0 Å². The SMILES string of the molecule is Cc1cc(C)n(-c2ccncc2[N+](=O)[O-])n1. The summed E-state index contributed by atoms with van der Waals surface area (Å²) < 4.78 is 1.55. The second-order valence-electron chi connectivity index (χ2n) is 3.46. The number of hydrogen-bond donors (Lipinski definition) is 0. The second kappa shape index (κ2) is 3.73. The smallest absolute Gasteiger partial charge is 0.258 e. The Morgan fingerprint density at radius 3 is 2.75 bits per heavy atom. The lowest BCUT2D eigenvalue weighted by molar-refractivity contribution is -0.385. The topological polar surface area (TPSA) is 73.8 Å². The molecule has 82 valence electrons. The molecule has 0 aromatic carbocycles. The van der Waals surface area contributed by atoms with Gasteiger partial charge in [-0.15, -0.1) is 0 Å². The fraction of sp³-hybridized carbons (Fsp3) is 0.200. The summed E-state index contributed by atoms with van der Waals surface area (Å²) in [5.41, 5.74) is 2.06. The van der Waals surface area contributed by atoms with E-state index < -0.39 is 4.92 Å². The quantitative estimate of drug-likeness (QED) is 0.569. The van der Waals surface area contributed by atoms with Gasteiger partial charge in [0.2, 0.25) is 0 Å². The van der Waals surface area contributed by atoms with Crippen molar-refractivity contribution in [3.63, 3.8) is 0 Å². The lowest BCUT2D eigenvalue weighted by Crippen LogP contribution is -2.03. The average molecular weight is 218 g/mol. The van der Waals surface area contributed by atoms with Crippen molar-refractivity contribution < 1.29 is 4.92 Å². The summed E-state index contributed by atoms with van der Waals surface area (Å²) in [4.78, 5) is 14.1. The van der Waals surface area contributed by atoms with Crippen LogP contribution in [0.25, 0.3) is 5.69 Å². The highest BCUT2D eigenvalue weighted by molar-refractivity contribution is 5.50. The Hall–Kier alpha value is -2.24. The Morgan fingerprint density at radius 2 is 2.19 bits per heavy atom. The van der Waals surface area contributed by atoms with Gasteiger partial charge in [-0.2, -0.15) is 5.10 Å². The van der Waals surface area contributed by atoms with E-state index in [-0.39, 0.29) is 5.69 Å². The molecule has 6 heteroatoms. The third-order valence-corrected chi connectivity index (χ3v) is 2.21. The lowest BCUT2D eigenvalue weighted by Gasteiger charge is -2.03. The van der Waals surface area contributed by atoms with Crippen molar-refractivity contribution in [2.75, 3.05) is 0 Å². The fourth-order valence-corrected chi connectivity index (χ4v) is 1.57.